The monoisotopic (exact) mass is 212 g/mol. The molecule has 1 N–H and O–H groups in total. The molecule has 88 valence electrons. The van der Waals surface area contributed by atoms with Gasteiger partial charge in [-0.2, -0.15) is 0 Å². The van der Waals surface area contributed by atoms with Gasteiger partial charge in [-0.3, -0.25) is 4.79 Å². The number of rotatable bonds is 4. The Bertz CT molecular complexity index is 220. The molecular formula is C12H24N2O. The Balaban J connectivity index is 2.45. The molecule has 1 heterocycles. The second kappa shape index (κ2) is 4.97. The van der Waals surface area contributed by atoms with Crippen molar-refractivity contribution in [3.8, 4) is 0 Å². The molecule has 1 unspecified atom stereocenters. The Morgan fingerprint density at radius 1 is 1.53 bits per heavy atom. The third kappa shape index (κ3) is 3.20. The number of carbonyl (C=O) groups excluding carboxylic acids is 1. The van der Waals surface area contributed by atoms with E-state index in [2.05, 4.69) is 12.2 Å². The second-order valence-corrected chi connectivity index (χ2v) is 5.22. The van der Waals surface area contributed by atoms with Crippen molar-refractivity contribution in [1.82, 2.24) is 10.2 Å². The van der Waals surface area contributed by atoms with Crippen molar-refractivity contribution in [2.45, 2.75) is 46.1 Å². The Labute approximate surface area is 93.2 Å². The molecule has 0 radical (unpaired) electrons. The highest BCUT2D eigenvalue weighted by molar-refractivity contribution is 5.81. The first kappa shape index (κ1) is 12.5. The first-order valence-corrected chi connectivity index (χ1v) is 5.96. The van der Waals surface area contributed by atoms with Gasteiger partial charge in [0, 0.05) is 25.0 Å². The molecule has 3 nitrogen and oxygen atoms in total. The van der Waals surface area contributed by atoms with Gasteiger partial charge in [-0.15, -0.1) is 0 Å². The number of nitrogens with one attached hydrogen (secondary N) is 1. The Hall–Kier alpha value is -0.570. The van der Waals surface area contributed by atoms with Gasteiger partial charge in [0.2, 0.25) is 5.91 Å². The summed E-state index contributed by atoms with van der Waals surface area (Å²) in [5.41, 5.74) is -0.215. The highest BCUT2D eigenvalue weighted by Gasteiger charge is 2.29. The smallest absolute Gasteiger partial charge is 0.228 e. The summed E-state index contributed by atoms with van der Waals surface area (Å²) in [7, 11) is 1.92. The average Bonchev–Trinajstić information content (AvgIpc) is 2.69. The van der Waals surface area contributed by atoms with Gasteiger partial charge in [-0.25, -0.2) is 0 Å². The highest BCUT2D eigenvalue weighted by Crippen LogP contribution is 2.22. The third-order valence-corrected chi connectivity index (χ3v) is 3.47. The average molecular weight is 212 g/mol. The minimum atomic E-state index is -0.215. The lowest BCUT2D eigenvalue weighted by Crippen LogP contribution is -2.44. The van der Waals surface area contributed by atoms with Crippen LogP contribution in [0.3, 0.4) is 0 Å². The van der Waals surface area contributed by atoms with Crippen LogP contribution in [0.25, 0.3) is 0 Å². The molecule has 0 aromatic carbocycles. The summed E-state index contributed by atoms with van der Waals surface area (Å²) in [6, 6.07) is 0.506. The zero-order valence-corrected chi connectivity index (χ0v) is 10.5. The molecule has 1 rings (SSSR count). The number of hydrogen-bond donors (Lipinski definition) is 1. The summed E-state index contributed by atoms with van der Waals surface area (Å²) >= 11 is 0. The lowest BCUT2D eigenvalue weighted by atomic mass is 9.88. The van der Waals surface area contributed by atoms with E-state index in [0.717, 1.165) is 19.5 Å². The van der Waals surface area contributed by atoms with E-state index in [-0.39, 0.29) is 11.3 Å². The zero-order chi connectivity index (χ0) is 11.5. The van der Waals surface area contributed by atoms with Crippen molar-refractivity contribution in [3.63, 3.8) is 0 Å². The third-order valence-electron chi connectivity index (χ3n) is 3.47. The van der Waals surface area contributed by atoms with Gasteiger partial charge < -0.3 is 10.2 Å². The van der Waals surface area contributed by atoms with Gasteiger partial charge in [0.25, 0.3) is 0 Å². The van der Waals surface area contributed by atoms with Crippen LogP contribution in [0.4, 0.5) is 0 Å². The van der Waals surface area contributed by atoms with Crippen LogP contribution in [0, 0.1) is 5.41 Å². The second-order valence-electron chi connectivity index (χ2n) is 5.22. The summed E-state index contributed by atoms with van der Waals surface area (Å²) in [6.07, 6.45) is 3.34. The van der Waals surface area contributed by atoms with Crippen molar-refractivity contribution < 1.29 is 4.79 Å². The van der Waals surface area contributed by atoms with E-state index in [4.69, 9.17) is 0 Å². The summed E-state index contributed by atoms with van der Waals surface area (Å²) < 4.78 is 0. The molecule has 1 amide bonds. The fourth-order valence-electron chi connectivity index (χ4n) is 1.99. The Kier molecular flexibility index (Phi) is 4.14. The molecule has 0 saturated carbocycles. The maximum absolute atomic E-state index is 12.1. The molecule has 1 fully saturated rings. The number of carbonyl (C=O) groups is 1. The van der Waals surface area contributed by atoms with Crippen molar-refractivity contribution in [2.75, 3.05) is 20.1 Å². The molecule has 0 aromatic rings. The molecule has 1 aliphatic heterocycles. The van der Waals surface area contributed by atoms with Gasteiger partial charge in [-0.05, 0) is 25.8 Å². The minimum absolute atomic E-state index is 0.215. The van der Waals surface area contributed by atoms with E-state index in [9.17, 15) is 4.79 Å². The topological polar surface area (TPSA) is 32.3 Å². The highest BCUT2D eigenvalue weighted by atomic mass is 16.2. The molecule has 1 aliphatic rings. The van der Waals surface area contributed by atoms with E-state index < -0.39 is 0 Å². The maximum atomic E-state index is 12.1. The van der Waals surface area contributed by atoms with Crippen LogP contribution in [0.2, 0.25) is 0 Å². The number of nitrogens with zero attached hydrogens (tertiary/aromatic N) is 1. The van der Waals surface area contributed by atoms with E-state index in [1.54, 1.807) is 0 Å². The summed E-state index contributed by atoms with van der Waals surface area (Å²) in [5.74, 6) is 0.263. The predicted octanol–water partition coefficient (Wildman–Crippen LogP) is 1.63. The van der Waals surface area contributed by atoms with Crippen LogP contribution < -0.4 is 5.32 Å². The van der Waals surface area contributed by atoms with Crippen LogP contribution >= 0.6 is 0 Å². The fraction of sp³-hybridized carbons (Fsp3) is 0.917. The van der Waals surface area contributed by atoms with E-state index >= 15 is 0 Å². The van der Waals surface area contributed by atoms with Crippen molar-refractivity contribution in [2.24, 2.45) is 5.41 Å². The molecule has 3 heteroatoms. The van der Waals surface area contributed by atoms with Crippen LogP contribution in [0.1, 0.15) is 40.0 Å². The molecule has 0 bridgehead atoms. The Morgan fingerprint density at radius 3 is 2.67 bits per heavy atom. The lowest BCUT2D eigenvalue weighted by Gasteiger charge is -2.30. The van der Waals surface area contributed by atoms with Gasteiger partial charge in [-0.1, -0.05) is 20.8 Å². The van der Waals surface area contributed by atoms with Crippen molar-refractivity contribution >= 4 is 5.91 Å². The van der Waals surface area contributed by atoms with Crippen LogP contribution in [-0.4, -0.2) is 37.0 Å². The molecule has 15 heavy (non-hydrogen) atoms. The van der Waals surface area contributed by atoms with Crippen molar-refractivity contribution in [3.05, 3.63) is 0 Å². The molecule has 1 atom stereocenters. The lowest BCUT2D eigenvalue weighted by molar-refractivity contribution is -0.139. The first-order chi connectivity index (χ1) is 6.97. The molecule has 0 aliphatic carbocycles. The summed E-state index contributed by atoms with van der Waals surface area (Å²) in [5, 5.41) is 3.42. The summed E-state index contributed by atoms with van der Waals surface area (Å²) in [4.78, 5) is 14.0. The van der Waals surface area contributed by atoms with E-state index in [1.165, 1.54) is 12.8 Å². The van der Waals surface area contributed by atoms with E-state index in [1.807, 2.05) is 25.8 Å². The normalized spacial score (nSPS) is 21.7. The standard InChI is InChI=1S/C12H24N2O/c1-5-12(2,3)11(15)14(4)9-10-7-6-8-13-10/h10,13H,5-9H2,1-4H3. The van der Waals surface area contributed by atoms with Gasteiger partial charge in [0.05, 0.1) is 0 Å². The van der Waals surface area contributed by atoms with Gasteiger partial charge in [0.1, 0.15) is 0 Å². The number of hydrogen-bond acceptors (Lipinski definition) is 2. The minimum Gasteiger partial charge on any atom is -0.344 e. The SMILES string of the molecule is CCC(C)(C)C(=O)N(C)CC1CCCN1. The van der Waals surface area contributed by atoms with Crippen LogP contribution in [0.5, 0.6) is 0 Å². The fourth-order valence-corrected chi connectivity index (χ4v) is 1.99. The molecule has 0 aromatic heterocycles. The molecule has 1 saturated heterocycles. The van der Waals surface area contributed by atoms with Crippen LogP contribution in [-0.2, 0) is 4.79 Å². The molecular weight excluding hydrogens is 188 g/mol. The number of amides is 1. The maximum Gasteiger partial charge on any atom is 0.228 e. The largest absolute Gasteiger partial charge is 0.344 e. The van der Waals surface area contributed by atoms with Gasteiger partial charge in [0.15, 0.2) is 0 Å². The molecule has 0 spiro atoms. The van der Waals surface area contributed by atoms with Crippen LogP contribution in [0.15, 0.2) is 0 Å². The number of likely N-dealkylation sites (N-methyl/N-ethyl adjacent to an activating group) is 1. The summed E-state index contributed by atoms with van der Waals surface area (Å²) in [6.45, 7) is 8.06. The van der Waals surface area contributed by atoms with E-state index in [0.29, 0.717) is 6.04 Å². The quantitative estimate of drug-likeness (QED) is 0.768. The van der Waals surface area contributed by atoms with Gasteiger partial charge >= 0.3 is 0 Å². The Morgan fingerprint density at radius 2 is 2.20 bits per heavy atom. The zero-order valence-electron chi connectivity index (χ0n) is 10.5. The first-order valence-electron chi connectivity index (χ1n) is 5.96. The van der Waals surface area contributed by atoms with Crippen molar-refractivity contribution in [1.29, 1.82) is 0 Å². The predicted molar refractivity (Wildman–Crippen MR) is 62.7 cm³/mol.